The van der Waals surface area contributed by atoms with Crippen LogP contribution in [-0.2, 0) is 6.54 Å². The number of benzene rings is 2. The van der Waals surface area contributed by atoms with Crippen molar-refractivity contribution in [3.8, 4) is 17.1 Å². The van der Waals surface area contributed by atoms with Gasteiger partial charge in [0.15, 0.2) is 5.13 Å². The SMILES string of the molecule is CCN(C)c1cc2c3c(c1)nc(-c1ccc4nc(N)sc4c1)n3CCCCO2. The first-order chi connectivity index (χ1) is 13.6. The van der Waals surface area contributed by atoms with Gasteiger partial charge in [-0.05, 0) is 44.0 Å². The Morgan fingerprint density at radius 2 is 2.07 bits per heavy atom. The highest BCUT2D eigenvalue weighted by Gasteiger charge is 2.20. The van der Waals surface area contributed by atoms with E-state index in [0.29, 0.717) is 5.13 Å². The molecule has 0 spiro atoms. The quantitative estimate of drug-likeness (QED) is 0.554. The second-order valence-electron chi connectivity index (χ2n) is 7.20. The van der Waals surface area contributed by atoms with Gasteiger partial charge in [0.25, 0.3) is 0 Å². The van der Waals surface area contributed by atoms with Crippen LogP contribution >= 0.6 is 11.3 Å². The lowest BCUT2D eigenvalue weighted by Gasteiger charge is -2.20. The summed E-state index contributed by atoms with van der Waals surface area (Å²) in [6.07, 6.45) is 2.11. The molecule has 0 amide bonds. The summed E-state index contributed by atoms with van der Waals surface area (Å²) < 4.78 is 9.54. The van der Waals surface area contributed by atoms with Gasteiger partial charge in [0.2, 0.25) is 0 Å². The largest absolute Gasteiger partial charge is 0.491 e. The van der Waals surface area contributed by atoms with Crippen molar-refractivity contribution in [2.75, 3.05) is 30.8 Å². The van der Waals surface area contributed by atoms with Crippen LogP contribution in [0.3, 0.4) is 0 Å². The number of aromatic nitrogens is 3. The lowest BCUT2D eigenvalue weighted by Crippen LogP contribution is -2.16. The Morgan fingerprint density at radius 1 is 1.18 bits per heavy atom. The zero-order chi connectivity index (χ0) is 19.3. The van der Waals surface area contributed by atoms with Crippen molar-refractivity contribution in [1.29, 1.82) is 0 Å². The predicted molar refractivity (Wildman–Crippen MR) is 116 cm³/mol. The standard InChI is InChI=1S/C21H23N5OS/c1-3-25(2)14-11-16-19-17(12-14)27-9-5-4-8-26(19)20(23-16)13-6-7-15-18(10-13)28-21(22)24-15/h6-7,10-12H,3-5,8-9H2,1-2H3,(H2,22,24). The summed E-state index contributed by atoms with van der Waals surface area (Å²) in [7, 11) is 2.09. The topological polar surface area (TPSA) is 69.2 Å². The first-order valence-corrected chi connectivity index (χ1v) is 10.5. The number of nitrogens with two attached hydrogens (primary N) is 1. The third-order valence-corrected chi connectivity index (χ3v) is 6.25. The molecule has 3 heterocycles. The minimum absolute atomic E-state index is 0.595. The first-order valence-electron chi connectivity index (χ1n) is 9.68. The van der Waals surface area contributed by atoms with E-state index in [-0.39, 0.29) is 0 Å². The van der Waals surface area contributed by atoms with Gasteiger partial charge in [-0.25, -0.2) is 9.97 Å². The highest BCUT2D eigenvalue weighted by Crippen LogP contribution is 2.37. The van der Waals surface area contributed by atoms with E-state index in [1.54, 1.807) is 0 Å². The molecule has 5 rings (SSSR count). The van der Waals surface area contributed by atoms with Crippen LogP contribution in [0.1, 0.15) is 19.8 Å². The average Bonchev–Trinajstić information content (AvgIpc) is 3.23. The third-order valence-electron chi connectivity index (χ3n) is 5.40. The number of anilines is 2. The number of imidazole rings is 1. The summed E-state index contributed by atoms with van der Waals surface area (Å²) >= 11 is 1.51. The van der Waals surface area contributed by atoms with Gasteiger partial charge in [-0.15, -0.1) is 0 Å². The number of nitrogens with zero attached hydrogens (tertiary/aromatic N) is 4. The minimum atomic E-state index is 0.595. The Hall–Kier alpha value is -2.80. The fraction of sp³-hybridized carbons (Fsp3) is 0.333. The van der Waals surface area contributed by atoms with Gasteiger partial charge >= 0.3 is 0 Å². The maximum Gasteiger partial charge on any atom is 0.181 e. The summed E-state index contributed by atoms with van der Waals surface area (Å²) in [6.45, 7) is 4.77. The van der Waals surface area contributed by atoms with E-state index in [9.17, 15) is 0 Å². The smallest absolute Gasteiger partial charge is 0.181 e. The monoisotopic (exact) mass is 393 g/mol. The van der Waals surface area contributed by atoms with Gasteiger partial charge in [-0.1, -0.05) is 11.3 Å². The van der Waals surface area contributed by atoms with Gasteiger partial charge in [0.1, 0.15) is 17.1 Å². The normalized spacial score (nSPS) is 14.1. The molecule has 144 valence electrons. The van der Waals surface area contributed by atoms with Crippen LogP contribution in [0.5, 0.6) is 5.75 Å². The van der Waals surface area contributed by atoms with E-state index >= 15 is 0 Å². The molecule has 28 heavy (non-hydrogen) atoms. The number of ether oxygens (including phenoxy) is 1. The Kier molecular flexibility index (Phi) is 4.12. The predicted octanol–water partition coefficient (Wildman–Crippen LogP) is 4.52. The number of fused-ring (bicyclic) bond motifs is 1. The molecule has 0 radical (unpaired) electrons. The molecular formula is C21H23N5OS. The summed E-state index contributed by atoms with van der Waals surface area (Å²) in [5, 5.41) is 0.595. The summed E-state index contributed by atoms with van der Waals surface area (Å²) in [5.41, 5.74) is 11.1. The van der Waals surface area contributed by atoms with Crippen molar-refractivity contribution in [2.45, 2.75) is 26.3 Å². The van der Waals surface area contributed by atoms with Gasteiger partial charge in [0.05, 0.1) is 22.3 Å². The van der Waals surface area contributed by atoms with E-state index in [1.165, 1.54) is 11.3 Å². The lowest BCUT2D eigenvalue weighted by molar-refractivity contribution is 0.299. The van der Waals surface area contributed by atoms with Gasteiger partial charge in [-0.3, -0.25) is 0 Å². The number of thiazole rings is 1. The highest BCUT2D eigenvalue weighted by molar-refractivity contribution is 7.22. The Morgan fingerprint density at radius 3 is 2.93 bits per heavy atom. The van der Waals surface area contributed by atoms with Crippen LogP contribution < -0.4 is 15.4 Å². The summed E-state index contributed by atoms with van der Waals surface area (Å²) in [4.78, 5) is 11.6. The van der Waals surface area contributed by atoms with Crippen molar-refractivity contribution in [1.82, 2.24) is 14.5 Å². The fourth-order valence-corrected chi connectivity index (χ4v) is 4.58. The highest BCUT2D eigenvalue weighted by atomic mass is 32.1. The van der Waals surface area contributed by atoms with Crippen molar-refractivity contribution in [3.05, 3.63) is 30.3 Å². The van der Waals surface area contributed by atoms with E-state index in [4.69, 9.17) is 15.5 Å². The molecule has 1 aliphatic rings. The molecule has 0 aliphatic carbocycles. The molecule has 0 saturated carbocycles. The molecule has 0 fully saturated rings. The van der Waals surface area contributed by atoms with Gasteiger partial charge in [0, 0.05) is 37.5 Å². The minimum Gasteiger partial charge on any atom is -0.491 e. The second-order valence-corrected chi connectivity index (χ2v) is 8.27. The second kappa shape index (κ2) is 6.67. The molecule has 2 aromatic heterocycles. The molecule has 2 N–H and O–H groups in total. The molecule has 0 bridgehead atoms. The molecule has 0 atom stereocenters. The number of hydrogen-bond acceptors (Lipinski definition) is 6. The van der Waals surface area contributed by atoms with Crippen molar-refractivity contribution in [3.63, 3.8) is 0 Å². The Bertz CT molecular complexity index is 1180. The van der Waals surface area contributed by atoms with E-state index < -0.39 is 0 Å². The van der Waals surface area contributed by atoms with E-state index in [2.05, 4.69) is 52.7 Å². The maximum atomic E-state index is 6.15. The van der Waals surface area contributed by atoms with Gasteiger partial charge in [-0.2, -0.15) is 0 Å². The van der Waals surface area contributed by atoms with Crippen molar-refractivity contribution >= 4 is 43.4 Å². The fourth-order valence-electron chi connectivity index (χ4n) is 3.80. The zero-order valence-corrected chi connectivity index (χ0v) is 16.9. The van der Waals surface area contributed by atoms with Gasteiger partial charge < -0.3 is 19.9 Å². The van der Waals surface area contributed by atoms with Crippen LogP contribution in [-0.4, -0.2) is 34.7 Å². The molecule has 0 unspecified atom stereocenters. The first kappa shape index (κ1) is 17.3. The van der Waals surface area contributed by atoms with Crippen molar-refractivity contribution in [2.24, 2.45) is 0 Å². The number of nitrogen functional groups attached to an aromatic ring is 1. The summed E-state index contributed by atoms with van der Waals surface area (Å²) in [5.74, 6) is 1.90. The van der Waals surface area contributed by atoms with E-state index in [0.717, 1.165) is 76.6 Å². The Balaban J connectivity index is 1.75. The maximum absolute atomic E-state index is 6.15. The Labute approximate surface area is 167 Å². The van der Waals surface area contributed by atoms with Crippen LogP contribution in [0, 0.1) is 0 Å². The van der Waals surface area contributed by atoms with E-state index in [1.807, 2.05) is 6.07 Å². The van der Waals surface area contributed by atoms with Crippen LogP contribution in [0.2, 0.25) is 0 Å². The van der Waals surface area contributed by atoms with Crippen LogP contribution in [0.25, 0.3) is 32.6 Å². The molecule has 1 aliphatic heterocycles. The molecule has 7 heteroatoms. The van der Waals surface area contributed by atoms with Crippen LogP contribution in [0.4, 0.5) is 10.8 Å². The molecule has 4 aromatic rings. The average molecular weight is 394 g/mol. The third kappa shape index (κ3) is 2.77. The zero-order valence-electron chi connectivity index (χ0n) is 16.1. The molecular weight excluding hydrogens is 370 g/mol. The molecule has 2 aromatic carbocycles. The van der Waals surface area contributed by atoms with Crippen molar-refractivity contribution < 1.29 is 4.74 Å². The number of aryl methyl sites for hydroxylation is 1. The molecule has 6 nitrogen and oxygen atoms in total. The lowest BCUT2D eigenvalue weighted by atomic mass is 10.2. The number of hydrogen-bond donors (Lipinski definition) is 1. The molecule has 0 saturated heterocycles. The summed E-state index contributed by atoms with van der Waals surface area (Å²) in [6, 6.07) is 10.6. The van der Waals surface area contributed by atoms with Crippen LogP contribution in [0.15, 0.2) is 30.3 Å². The number of rotatable bonds is 3.